The van der Waals surface area contributed by atoms with Crippen molar-refractivity contribution in [3.05, 3.63) is 132 Å². The van der Waals surface area contributed by atoms with Crippen molar-refractivity contribution in [3.63, 3.8) is 0 Å². The van der Waals surface area contributed by atoms with E-state index in [2.05, 4.69) is 34.9 Å². The third-order valence-electron chi connectivity index (χ3n) is 7.12. The molecule has 1 aromatic heterocycles. The Bertz CT molecular complexity index is 1950. The van der Waals surface area contributed by atoms with E-state index < -0.39 is 5.25 Å². The Morgan fingerprint density at radius 1 is 0.756 bits per heavy atom. The first-order chi connectivity index (χ1) is 22.0. The molecule has 224 valence electrons. The zero-order valence-electron chi connectivity index (χ0n) is 24.5. The Morgan fingerprint density at radius 3 is 2.22 bits per heavy atom. The predicted molar refractivity (Wildman–Crippen MR) is 183 cm³/mol. The molecule has 2 amide bonds. The lowest BCUT2D eigenvalue weighted by Crippen LogP contribution is -2.19. The number of nitrogens with one attached hydrogen (secondary N) is 2. The summed E-state index contributed by atoms with van der Waals surface area (Å²) in [5.41, 5.74) is 3.52. The molecular formula is C36H29N3O4S2. The van der Waals surface area contributed by atoms with Crippen LogP contribution in [0.25, 0.3) is 22.0 Å². The molecule has 1 atom stereocenters. The van der Waals surface area contributed by atoms with E-state index in [0.29, 0.717) is 27.9 Å². The van der Waals surface area contributed by atoms with Crippen LogP contribution in [0.3, 0.4) is 0 Å². The van der Waals surface area contributed by atoms with Crippen LogP contribution < -0.4 is 20.1 Å². The number of amides is 2. The monoisotopic (exact) mass is 631 g/mol. The van der Waals surface area contributed by atoms with Crippen molar-refractivity contribution in [2.24, 2.45) is 0 Å². The van der Waals surface area contributed by atoms with Gasteiger partial charge in [-0.15, -0.1) is 23.1 Å². The molecule has 6 aromatic rings. The lowest BCUT2D eigenvalue weighted by Gasteiger charge is -2.17. The van der Waals surface area contributed by atoms with Crippen LogP contribution in [0.2, 0.25) is 0 Å². The van der Waals surface area contributed by atoms with E-state index >= 15 is 0 Å². The molecule has 0 saturated heterocycles. The minimum absolute atomic E-state index is 0.196. The fraction of sp³-hybridized carbons (Fsp3) is 0.0833. The van der Waals surface area contributed by atoms with Crippen molar-refractivity contribution >= 4 is 56.5 Å². The van der Waals surface area contributed by atoms with Gasteiger partial charge in [0.05, 0.1) is 19.9 Å². The fourth-order valence-corrected chi connectivity index (χ4v) is 6.74. The van der Waals surface area contributed by atoms with Gasteiger partial charge in [0.25, 0.3) is 5.91 Å². The minimum Gasteiger partial charge on any atom is -0.496 e. The lowest BCUT2D eigenvalue weighted by molar-refractivity contribution is -0.115. The molecule has 0 bridgehead atoms. The van der Waals surface area contributed by atoms with Gasteiger partial charge in [0, 0.05) is 21.5 Å². The SMILES string of the molecule is COc1cccc(OC)c1C(=O)Nc1cccc(SC(C(=O)Nc2nc(-c3ccc4ccccc4c3)cs2)c2ccccc2)c1. The van der Waals surface area contributed by atoms with Crippen molar-refractivity contribution in [2.75, 3.05) is 24.9 Å². The summed E-state index contributed by atoms with van der Waals surface area (Å²) in [6.45, 7) is 0. The van der Waals surface area contributed by atoms with Crippen molar-refractivity contribution in [1.29, 1.82) is 0 Å². The average molecular weight is 632 g/mol. The summed E-state index contributed by atoms with van der Waals surface area (Å²) in [5.74, 6) is 0.252. The molecule has 6 rings (SSSR count). The maximum Gasteiger partial charge on any atom is 0.263 e. The smallest absolute Gasteiger partial charge is 0.263 e. The van der Waals surface area contributed by atoms with Crippen molar-refractivity contribution in [3.8, 4) is 22.8 Å². The van der Waals surface area contributed by atoms with Gasteiger partial charge in [-0.25, -0.2) is 4.98 Å². The van der Waals surface area contributed by atoms with Crippen molar-refractivity contribution in [2.45, 2.75) is 10.1 Å². The Hall–Kier alpha value is -5.12. The van der Waals surface area contributed by atoms with Crippen LogP contribution >= 0.6 is 23.1 Å². The van der Waals surface area contributed by atoms with Crippen LogP contribution in [0.5, 0.6) is 11.5 Å². The molecule has 1 heterocycles. The number of fused-ring (bicyclic) bond motifs is 1. The molecule has 45 heavy (non-hydrogen) atoms. The highest BCUT2D eigenvalue weighted by Gasteiger charge is 2.24. The second-order valence-corrected chi connectivity index (χ2v) is 12.1. The van der Waals surface area contributed by atoms with E-state index in [1.165, 1.54) is 37.3 Å². The minimum atomic E-state index is -0.570. The van der Waals surface area contributed by atoms with Gasteiger partial charge in [0.2, 0.25) is 5.91 Å². The van der Waals surface area contributed by atoms with Gasteiger partial charge in [-0.1, -0.05) is 78.9 Å². The Balaban J connectivity index is 1.21. The molecule has 0 saturated carbocycles. The predicted octanol–water partition coefficient (Wildman–Crippen LogP) is 8.70. The molecule has 7 nitrogen and oxygen atoms in total. The number of rotatable bonds is 10. The summed E-state index contributed by atoms with van der Waals surface area (Å²) < 4.78 is 10.8. The highest BCUT2D eigenvalue weighted by Crippen LogP contribution is 2.38. The first-order valence-corrected chi connectivity index (χ1v) is 15.9. The van der Waals surface area contributed by atoms with E-state index in [1.54, 1.807) is 24.3 Å². The molecule has 1 unspecified atom stereocenters. The van der Waals surface area contributed by atoms with E-state index in [9.17, 15) is 9.59 Å². The summed E-state index contributed by atoms with van der Waals surface area (Å²) in [7, 11) is 3.01. The third-order valence-corrected chi connectivity index (χ3v) is 9.13. The molecule has 0 aliphatic rings. The number of methoxy groups -OCH3 is 2. The number of thioether (sulfide) groups is 1. The topological polar surface area (TPSA) is 89.5 Å². The standard InChI is InChI=1S/C36H29N3O4S2/c1-42-30-16-9-17-31(43-2)32(30)34(40)37-27-14-8-15-28(21-27)45-33(24-11-4-3-5-12-24)35(41)39-36-38-29(22-44-36)26-19-18-23-10-6-7-13-25(23)20-26/h3-22,33H,1-2H3,(H,37,40)(H,38,39,41). The van der Waals surface area contributed by atoms with Gasteiger partial charge in [0.15, 0.2) is 5.13 Å². The highest BCUT2D eigenvalue weighted by atomic mass is 32.2. The molecule has 0 aliphatic heterocycles. The molecule has 9 heteroatoms. The summed E-state index contributed by atoms with van der Waals surface area (Å²) in [4.78, 5) is 32.6. The number of benzene rings is 5. The fourth-order valence-electron chi connectivity index (χ4n) is 4.94. The highest BCUT2D eigenvalue weighted by molar-refractivity contribution is 8.00. The Morgan fingerprint density at radius 2 is 1.47 bits per heavy atom. The van der Waals surface area contributed by atoms with Crippen LogP contribution in [-0.2, 0) is 4.79 Å². The van der Waals surface area contributed by atoms with Gasteiger partial charge in [-0.3, -0.25) is 9.59 Å². The van der Waals surface area contributed by atoms with Crippen LogP contribution in [0.1, 0.15) is 21.2 Å². The third kappa shape index (κ3) is 6.85. The maximum absolute atomic E-state index is 13.8. The molecule has 0 radical (unpaired) electrons. The average Bonchev–Trinajstić information content (AvgIpc) is 3.55. The van der Waals surface area contributed by atoms with Crippen LogP contribution in [0.15, 0.2) is 126 Å². The number of ether oxygens (including phenoxy) is 2. The summed E-state index contributed by atoms with van der Waals surface area (Å²) >= 11 is 2.78. The maximum atomic E-state index is 13.8. The first-order valence-electron chi connectivity index (χ1n) is 14.1. The van der Waals surface area contributed by atoms with Gasteiger partial charge >= 0.3 is 0 Å². The number of carbonyl (C=O) groups excluding carboxylic acids is 2. The Kier molecular flexibility index (Phi) is 9.09. The van der Waals surface area contributed by atoms with Crippen LogP contribution in [-0.4, -0.2) is 31.0 Å². The van der Waals surface area contributed by atoms with Crippen molar-refractivity contribution in [1.82, 2.24) is 4.98 Å². The molecular weight excluding hydrogens is 603 g/mol. The zero-order chi connectivity index (χ0) is 31.2. The molecule has 2 N–H and O–H groups in total. The van der Waals surface area contributed by atoms with E-state index in [4.69, 9.17) is 14.5 Å². The normalized spacial score (nSPS) is 11.5. The summed E-state index contributed by atoms with van der Waals surface area (Å²) in [6.07, 6.45) is 0. The molecule has 0 fully saturated rings. The zero-order valence-corrected chi connectivity index (χ0v) is 26.2. The lowest BCUT2D eigenvalue weighted by atomic mass is 10.1. The van der Waals surface area contributed by atoms with Gasteiger partial charge in [0.1, 0.15) is 22.3 Å². The van der Waals surface area contributed by atoms with Crippen LogP contribution in [0.4, 0.5) is 10.8 Å². The number of thiazole rings is 1. The number of carbonyl (C=O) groups is 2. The van der Waals surface area contributed by atoms with Crippen molar-refractivity contribution < 1.29 is 19.1 Å². The van der Waals surface area contributed by atoms with E-state index in [-0.39, 0.29) is 11.8 Å². The van der Waals surface area contributed by atoms with Gasteiger partial charge in [-0.05, 0) is 52.7 Å². The second kappa shape index (κ2) is 13.7. The molecule has 0 aliphatic carbocycles. The number of aromatic nitrogens is 1. The van der Waals surface area contributed by atoms with E-state index in [0.717, 1.165) is 32.5 Å². The summed E-state index contributed by atoms with van der Waals surface area (Å²) in [6, 6.07) is 36.6. The van der Waals surface area contributed by atoms with E-state index in [1.807, 2.05) is 72.1 Å². The number of hydrogen-bond acceptors (Lipinski definition) is 7. The number of anilines is 2. The largest absolute Gasteiger partial charge is 0.496 e. The van der Waals surface area contributed by atoms with Gasteiger partial charge in [-0.2, -0.15) is 0 Å². The second-order valence-electron chi connectivity index (χ2n) is 10.0. The Labute approximate surface area is 269 Å². The van der Waals surface area contributed by atoms with Crippen LogP contribution in [0, 0.1) is 0 Å². The summed E-state index contributed by atoms with van der Waals surface area (Å²) in [5, 5.41) is 10.2. The number of nitrogens with zero attached hydrogens (tertiary/aromatic N) is 1. The molecule has 5 aromatic carbocycles. The first kappa shape index (κ1) is 29.9. The quantitative estimate of drug-likeness (QED) is 0.147. The number of hydrogen-bond donors (Lipinski definition) is 2. The molecule has 0 spiro atoms. The van der Waals surface area contributed by atoms with Gasteiger partial charge < -0.3 is 20.1 Å².